The fraction of sp³-hybridized carbons (Fsp3) is 0.100. The number of aryl methyl sites for hydroxylation is 1. The zero-order valence-electron chi connectivity index (χ0n) is 8.47. The molecule has 0 saturated heterocycles. The number of nitrogens with two attached hydrogens (primary N) is 1. The van der Waals surface area contributed by atoms with E-state index in [1.165, 1.54) is 0 Å². The van der Waals surface area contributed by atoms with Crippen molar-refractivity contribution >= 4 is 27.8 Å². The van der Waals surface area contributed by atoms with E-state index < -0.39 is 5.91 Å². The van der Waals surface area contributed by atoms with E-state index in [1.54, 1.807) is 12.4 Å². The van der Waals surface area contributed by atoms with Gasteiger partial charge in [0.2, 0.25) is 5.76 Å². The number of carbonyl (C=O) groups excluding carboxylic acids is 1. The van der Waals surface area contributed by atoms with Gasteiger partial charge in [-0.15, -0.1) is 0 Å². The van der Waals surface area contributed by atoms with Crippen LogP contribution >= 0.6 is 0 Å². The number of hydrogen-bond acceptors (Lipinski definition) is 4. The monoisotopic (exact) mass is 216 g/mol. The van der Waals surface area contributed by atoms with E-state index in [1.807, 2.05) is 17.7 Å². The van der Waals surface area contributed by atoms with Crippen LogP contribution in [0.5, 0.6) is 0 Å². The topological polar surface area (TPSA) is 86.9 Å². The number of aromatic nitrogens is 3. The molecule has 2 N–H and O–H groups in total. The number of imidazole rings is 1. The van der Waals surface area contributed by atoms with E-state index in [-0.39, 0.29) is 5.76 Å². The van der Waals surface area contributed by atoms with Crippen LogP contribution in [-0.4, -0.2) is 20.6 Å². The molecule has 0 spiro atoms. The predicted octanol–water partition coefficient (Wildman–Crippen LogP) is 0.813. The fourth-order valence-corrected chi connectivity index (χ4v) is 1.80. The molecule has 0 fully saturated rings. The molecule has 0 bridgehead atoms. The summed E-state index contributed by atoms with van der Waals surface area (Å²) in [5, 5.41) is 4.35. The number of amides is 1. The van der Waals surface area contributed by atoms with Crippen molar-refractivity contribution in [2.75, 3.05) is 0 Å². The normalized spacial score (nSPS) is 11.3. The third kappa shape index (κ3) is 0.979. The lowest BCUT2D eigenvalue weighted by Gasteiger charge is -1.94. The van der Waals surface area contributed by atoms with Crippen LogP contribution < -0.4 is 5.73 Å². The van der Waals surface area contributed by atoms with E-state index >= 15 is 0 Å². The largest absolute Gasteiger partial charge is 0.363 e. The van der Waals surface area contributed by atoms with Gasteiger partial charge in [0.15, 0.2) is 0 Å². The van der Waals surface area contributed by atoms with Crippen LogP contribution in [0.3, 0.4) is 0 Å². The maximum atomic E-state index is 11.2. The second-order valence-corrected chi connectivity index (χ2v) is 3.56. The van der Waals surface area contributed by atoms with Crippen LogP contribution in [0.1, 0.15) is 10.6 Å². The summed E-state index contributed by atoms with van der Waals surface area (Å²) in [7, 11) is 1.87. The molecule has 2 heterocycles. The van der Waals surface area contributed by atoms with Gasteiger partial charge in [-0.2, -0.15) is 0 Å². The number of rotatable bonds is 1. The molecule has 0 aliphatic rings. The highest BCUT2D eigenvalue weighted by Crippen LogP contribution is 2.26. The maximum absolute atomic E-state index is 11.2. The predicted molar refractivity (Wildman–Crippen MR) is 56.8 cm³/mol. The Hall–Kier alpha value is -2.37. The van der Waals surface area contributed by atoms with Crippen LogP contribution in [0.4, 0.5) is 0 Å². The molecule has 3 aromatic rings. The molecule has 0 atom stereocenters. The molecule has 80 valence electrons. The van der Waals surface area contributed by atoms with Crippen molar-refractivity contribution in [3.8, 4) is 0 Å². The first kappa shape index (κ1) is 8.90. The molecule has 0 aliphatic carbocycles. The first-order valence-corrected chi connectivity index (χ1v) is 4.67. The van der Waals surface area contributed by atoms with Crippen molar-refractivity contribution < 1.29 is 9.32 Å². The van der Waals surface area contributed by atoms with Crippen LogP contribution in [0.15, 0.2) is 23.0 Å². The lowest BCUT2D eigenvalue weighted by molar-refractivity contribution is 0.0967. The lowest BCUT2D eigenvalue weighted by atomic mass is 10.2. The number of nitrogens with zero attached hydrogens (tertiary/aromatic N) is 3. The van der Waals surface area contributed by atoms with Gasteiger partial charge in [0.25, 0.3) is 5.91 Å². The summed E-state index contributed by atoms with van der Waals surface area (Å²) in [6.07, 6.45) is 1.67. The number of carbonyl (C=O) groups is 1. The number of hydrogen-bond donors (Lipinski definition) is 1. The molecule has 1 amide bonds. The summed E-state index contributed by atoms with van der Waals surface area (Å²) in [5.74, 6) is -0.583. The molecule has 0 radical (unpaired) electrons. The number of primary amides is 1. The number of fused-ring (bicyclic) bond motifs is 3. The molecular formula is C10H8N4O2. The fourth-order valence-electron chi connectivity index (χ4n) is 1.80. The van der Waals surface area contributed by atoms with E-state index in [0.29, 0.717) is 16.4 Å². The summed E-state index contributed by atoms with van der Waals surface area (Å²) in [4.78, 5) is 15.4. The van der Waals surface area contributed by atoms with Crippen LogP contribution in [-0.2, 0) is 7.05 Å². The summed E-state index contributed by atoms with van der Waals surface area (Å²) < 4.78 is 6.77. The average Bonchev–Trinajstić information content (AvgIpc) is 2.81. The van der Waals surface area contributed by atoms with E-state index in [0.717, 1.165) is 5.52 Å². The minimum atomic E-state index is -0.638. The molecular weight excluding hydrogens is 208 g/mol. The maximum Gasteiger partial charge on any atom is 0.288 e. The van der Waals surface area contributed by atoms with Gasteiger partial charge in [0, 0.05) is 7.05 Å². The third-order valence-corrected chi connectivity index (χ3v) is 2.56. The van der Waals surface area contributed by atoms with Gasteiger partial charge in [0.05, 0.1) is 17.2 Å². The van der Waals surface area contributed by atoms with Gasteiger partial charge in [-0.1, -0.05) is 5.16 Å². The minimum absolute atomic E-state index is 0.0549. The van der Waals surface area contributed by atoms with Crippen molar-refractivity contribution in [3.05, 3.63) is 24.2 Å². The summed E-state index contributed by atoms with van der Waals surface area (Å²) in [6, 6.07) is 3.65. The SMILES string of the molecule is Cn1cnc2c3c(C(N)=O)onc3ccc21. The number of benzene rings is 1. The summed E-state index contributed by atoms with van der Waals surface area (Å²) in [5.41, 5.74) is 7.38. The Morgan fingerprint density at radius 1 is 1.50 bits per heavy atom. The smallest absolute Gasteiger partial charge is 0.288 e. The molecule has 1 aromatic carbocycles. The first-order valence-electron chi connectivity index (χ1n) is 4.67. The molecule has 2 aromatic heterocycles. The van der Waals surface area contributed by atoms with Gasteiger partial charge in [-0.05, 0) is 12.1 Å². The average molecular weight is 216 g/mol. The Morgan fingerprint density at radius 2 is 2.31 bits per heavy atom. The van der Waals surface area contributed by atoms with E-state index in [9.17, 15) is 4.79 Å². The molecule has 0 unspecified atom stereocenters. The Kier molecular flexibility index (Phi) is 1.57. The lowest BCUT2D eigenvalue weighted by Crippen LogP contribution is -2.10. The molecule has 3 rings (SSSR count). The van der Waals surface area contributed by atoms with Gasteiger partial charge in [0.1, 0.15) is 11.0 Å². The molecule has 16 heavy (non-hydrogen) atoms. The molecule has 6 nitrogen and oxygen atoms in total. The van der Waals surface area contributed by atoms with Crippen molar-refractivity contribution in [3.63, 3.8) is 0 Å². The Labute approximate surface area is 89.6 Å². The van der Waals surface area contributed by atoms with E-state index in [2.05, 4.69) is 10.1 Å². The zero-order valence-corrected chi connectivity index (χ0v) is 8.47. The van der Waals surface area contributed by atoms with Gasteiger partial charge >= 0.3 is 0 Å². The summed E-state index contributed by atoms with van der Waals surface area (Å²) >= 11 is 0. The third-order valence-electron chi connectivity index (χ3n) is 2.56. The van der Waals surface area contributed by atoms with Crippen molar-refractivity contribution in [1.29, 1.82) is 0 Å². The first-order chi connectivity index (χ1) is 7.68. The molecule has 0 aliphatic heterocycles. The minimum Gasteiger partial charge on any atom is -0.363 e. The second-order valence-electron chi connectivity index (χ2n) is 3.56. The highest BCUT2D eigenvalue weighted by atomic mass is 16.5. The Morgan fingerprint density at radius 3 is 3.06 bits per heavy atom. The van der Waals surface area contributed by atoms with Crippen LogP contribution in [0.2, 0.25) is 0 Å². The van der Waals surface area contributed by atoms with Gasteiger partial charge in [-0.25, -0.2) is 4.98 Å². The quantitative estimate of drug-likeness (QED) is 0.652. The molecule has 0 saturated carbocycles. The highest BCUT2D eigenvalue weighted by molar-refractivity contribution is 6.12. The standard InChI is InChI=1S/C10H8N4O2/c1-14-4-12-8-6(14)3-2-5-7(8)9(10(11)15)16-13-5/h2-4H,1H3,(H2,11,15). The van der Waals surface area contributed by atoms with Crippen molar-refractivity contribution in [2.45, 2.75) is 0 Å². The van der Waals surface area contributed by atoms with Gasteiger partial charge in [-0.3, -0.25) is 4.79 Å². The van der Waals surface area contributed by atoms with Crippen LogP contribution in [0, 0.1) is 0 Å². The molecule has 6 heteroatoms. The van der Waals surface area contributed by atoms with Crippen molar-refractivity contribution in [2.24, 2.45) is 12.8 Å². The van der Waals surface area contributed by atoms with Gasteiger partial charge < -0.3 is 14.8 Å². The van der Waals surface area contributed by atoms with Crippen molar-refractivity contribution in [1.82, 2.24) is 14.7 Å². The zero-order chi connectivity index (χ0) is 11.3. The summed E-state index contributed by atoms with van der Waals surface area (Å²) in [6.45, 7) is 0. The van der Waals surface area contributed by atoms with E-state index in [4.69, 9.17) is 10.3 Å². The second kappa shape index (κ2) is 2.82. The Balaban J connectivity index is 2.56. The highest BCUT2D eigenvalue weighted by Gasteiger charge is 2.18. The van der Waals surface area contributed by atoms with Crippen LogP contribution in [0.25, 0.3) is 21.9 Å². The Bertz CT molecular complexity index is 710.